The fourth-order valence-electron chi connectivity index (χ4n) is 0. The molecule has 0 aromatic rings. The maximum atomic E-state index is 9.57. The van der Waals surface area contributed by atoms with Crippen LogP contribution in [-0.2, 0) is 4.79 Å². The molecule has 36 valence electrons. The molecule has 0 unspecified atom stereocenters. The third kappa shape index (κ3) is 1.72. The zero-order valence-corrected chi connectivity index (χ0v) is 3.51. The first kappa shape index (κ1) is 5.43. The quantitative estimate of drug-likeness (QED) is 0.423. The molecule has 0 amide bonds. The summed E-state index contributed by atoms with van der Waals surface area (Å²) in [6.45, 7) is 1.42. The van der Waals surface area contributed by atoms with E-state index in [1.807, 2.05) is 0 Å². The van der Waals surface area contributed by atoms with Crippen molar-refractivity contribution in [2.45, 2.75) is 13.0 Å². The van der Waals surface area contributed by atoms with Gasteiger partial charge in [-0.25, -0.2) is 0 Å². The molecule has 0 saturated carbocycles. The summed E-state index contributed by atoms with van der Waals surface area (Å²) in [5.74, 6) is -0.963. The third-order valence-electron chi connectivity index (χ3n) is 0.390. The fraction of sp³-hybridized carbons (Fsp3) is 0.667. The number of nitrogens with two attached hydrogens (primary N) is 1. The van der Waals surface area contributed by atoms with Crippen LogP contribution in [0.15, 0.2) is 0 Å². The molecular formula is C3H7NO2. The molecular weight excluding hydrogens is 83.0 g/mol. The Hall–Kier alpha value is -0.570. The topological polar surface area (TPSA) is 63.3 Å². The van der Waals surface area contributed by atoms with Gasteiger partial charge in [-0.15, -0.1) is 0 Å². The first-order valence-electron chi connectivity index (χ1n) is 1.63. The molecule has 0 bridgehead atoms. The minimum Gasteiger partial charge on any atom is -0.480 e. The van der Waals surface area contributed by atoms with E-state index in [4.69, 9.17) is 10.8 Å². The van der Waals surface area contributed by atoms with Gasteiger partial charge < -0.3 is 10.8 Å². The molecule has 0 radical (unpaired) electrons. The van der Waals surface area contributed by atoms with Gasteiger partial charge in [0.2, 0.25) is 0 Å². The van der Waals surface area contributed by atoms with Crippen molar-refractivity contribution in [3.8, 4) is 0 Å². The van der Waals surface area contributed by atoms with E-state index < -0.39 is 12.0 Å². The van der Waals surface area contributed by atoms with Crippen LogP contribution in [0.1, 0.15) is 6.92 Å². The fourth-order valence-corrected chi connectivity index (χ4v) is 0. The van der Waals surface area contributed by atoms with E-state index in [0.29, 0.717) is 0 Å². The molecule has 0 aliphatic rings. The van der Waals surface area contributed by atoms with E-state index >= 15 is 0 Å². The second kappa shape index (κ2) is 1.77. The minimum atomic E-state index is -0.963. The molecule has 0 spiro atoms. The van der Waals surface area contributed by atoms with E-state index in [0.717, 1.165) is 0 Å². The SMILES string of the molecule is C[C@@H]([15NH2])C(=O)O. The first-order chi connectivity index (χ1) is 2.64. The molecule has 0 rings (SSSR count). The van der Waals surface area contributed by atoms with E-state index in [1.54, 1.807) is 0 Å². The van der Waals surface area contributed by atoms with E-state index in [2.05, 4.69) is 0 Å². The number of rotatable bonds is 1. The molecule has 0 heterocycles. The maximum Gasteiger partial charge on any atom is 0.320 e. The summed E-state index contributed by atoms with van der Waals surface area (Å²) < 4.78 is 0. The molecule has 3 N–H and O–H groups in total. The van der Waals surface area contributed by atoms with Crippen LogP contribution in [0.2, 0.25) is 0 Å². The van der Waals surface area contributed by atoms with Gasteiger partial charge in [0.1, 0.15) is 6.04 Å². The third-order valence-corrected chi connectivity index (χ3v) is 0.390. The van der Waals surface area contributed by atoms with Crippen molar-refractivity contribution in [3.05, 3.63) is 0 Å². The maximum absolute atomic E-state index is 9.57. The van der Waals surface area contributed by atoms with E-state index in [1.165, 1.54) is 6.92 Å². The summed E-state index contributed by atoms with van der Waals surface area (Å²) in [6.07, 6.45) is 0. The van der Waals surface area contributed by atoms with Gasteiger partial charge in [-0.1, -0.05) is 0 Å². The number of hydrogen-bond acceptors (Lipinski definition) is 2. The van der Waals surface area contributed by atoms with Crippen LogP contribution in [0.4, 0.5) is 0 Å². The smallest absolute Gasteiger partial charge is 0.320 e. The zero-order chi connectivity index (χ0) is 5.15. The molecule has 3 heteroatoms. The molecule has 0 saturated heterocycles. The highest BCUT2D eigenvalue weighted by Gasteiger charge is 1.99. The van der Waals surface area contributed by atoms with Crippen LogP contribution in [-0.4, -0.2) is 17.1 Å². The van der Waals surface area contributed by atoms with Crippen molar-refractivity contribution < 1.29 is 9.90 Å². The molecule has 0 fully saturated rings. The van der Waals surface area contributed by atoms with Crippen molar-refractivity contribution in [2.24, 2.45) is 5.73 Å². The largest absolute Gasteiger partial charge is 0.480 e. The van der Waals surface area contributed by atoms with Crippen LogP contribution < -0.4 is 5.73 Å². The summed E-state index contributed by atoms with van der Waals surface area (Å²) >= 11 is 0. The molecule has 0 aromatic carbocycles. The van der Waals surface area contributed by atoms with Crippen LogP contribution in [0.25, 0.3) is 0 Å². The lowest BCUT2D eigenvalue weighted by Crippen LogP contribution is -2.25. The highest BCUT2D eigenvalue weighted by Crippen LogP contribution is 1.68. The Labute approximate surface area is 35.8 Å². The average Bonchev–Trinajstić information content (AvgIpc) is 1.36. The zero-order valence-electron chi connectivity index (χ0n) is 3.51. The van der Waals surface area contributed by atoms with Crippen LogP contribution in [0, 0.1) is 0 Å². The van der Waals surface area contributed by atoms with Gasteiger partial charge in [0, 0.05) is 0 Å². The summed E-state index contributed by atoms with van der Waals surface area (Å²) in [5.41, 5.74) is 4.84. The summed E-state index contributed by atoms with van der Waals surface area (Å²) in [6, 6.07) is -0.731. The van der Waals surface area contributed by atoms with Gasteiger partial charge in [-0.2, -0.15) is 0 Å². The lowest BCUT2D eigenvalue weighted by atomic mass is 10.4. The van der Waals surface area contributed by atoms with E-state index in [-0.39, 0.29) is 0 Å². The summed E-state index contributed by atoms with van der Waals surface area (Å²) in [5, 5.41) is 7.87. The van der Waals surface area contributed by atoms with Crippen molar-refractivity contribution >= 4 is 5.97 Å². The number of carboxylic acid groups (broad SMARTS) is 1. The van der Waals surface area contributed by atoms with Crippen molar-refractivity contribution in [2.75, 3.05) is 0 Å². The normalized spacial score (nSPS) is 13.7. The Balaban J connectivity index is 3.26. The van der Waals surface area contributed by atoms with E-state index in [9.17, 15) is 4.79 Å². The van der Waals surface area contributed by atoms with Gasteiger partial charge in [-0.3, -0.25) is 4.79 Å². The highest BCUT2D eigenvalue weighted by atomic mass is 16.4. The standard InChI is InChI=1S/C3H7NO2/c1-2(4)3(5)6/h2H,4H2,1H3,(H,5,6)/t2-/m1/s1/i4+1. The number of carbonyl (C=O) groups is 1. The predicted molar refractivity (Wildman–Crippen MR) is 21.3 cm³/mol. The number of carboxylic acids is 1. The highest BCUT2D eigenvalue weighted by molar-refractivity contribution is 5.72. The van der Waals surface area contributed by atoms with Gasteiger partial charge in [0.15, 0.2) is 0 Å². The van der Waals surface area contributed by atoms with Gasteiger partial charge in [0.05, 0.1) is 0 Å². The Bertz CT molecular complexity index is 59.8. The first-order valence-corrected chi connectivity index (χ1v) is 1.63. The molecule has 0 aliphatic heterocycles. The van der Waals surface area contributed by atoms with Crippen LogP contribution in [0.3, 0.4) is 0 Å². The Kier molecular flexibility index (Phi) is 1.60. The second-order valence-corrected chi connectivity index (χ2v) is 1.13. The van der Waals surface area contributed by atoms with Gasteiger partial charge in [-0.05, 0) is 6.92 Å². The molecule has 0 aliphatic carbocycles. The van der Waals surface area contributed by atoms with Crippen LogP contribution >= 0.6 is 0 Å². The van der Waals surface area contributed by atoms with Crippen LogP contribution in [0.5, 0.6) is 0 Å². The Morgan fingerprint density at radius 1 is 2.00 bits per heavy atom. The molecule has 1 atom stereocenters. The van der Waals surface area contributed by atoms with Gasteiger partial charge >= 0.3 is 5.97 Å². The van der Waals surface area contributed by atoms with Gasteiger partial charge in [0.25, 0.3) is 0 Å². The van der Waals surface area contributed by atoms with Crippen molar-refractivity contribution in [3.63, 3.8) is 0 Å². The lowest BCUT2D eigenvalue weighted by Gasteiger charge is -1.90. The molecule has 0 aromatic heterocycles. The summed E-state index contributed by atoms with van der Waals surface area (Å²) in [7, 11) is 0. The monoisotopic (exact) mass is 90.0 g/mol. The summed E-state index contributed by atoms with van der Waals surface area (Å²) in [4.78, 5) is 9.57. The second-order valence-electron chi connectivity index (χ2n) is 1.13. The average molecular weight is 90.1 g/mol. The van der Waals surface area contributed by atoms with Crippen molar-refractivity contribution in [1.82, 2.24) is 0 Å². The predicted octanol–water partition coefficient (Wildman–Crippen LogP) is -0.582. The Morgan fingerprint density at radius 2 is 2.17 bits per heavy atom. The Morgan fingerprint density at radius 3 is 2.17 bits per heavy atom. The minimum absolute atomic E-state index is 0.731. The number of aliphatic carboxylic acids is 1. The molecule has 6 heavy (non-hydrogen) atoms. The molecule has 3 nitrogen and oxygen atoms in total. The number of hydrogen-bond donors (Lipinski definition) is 2. The van der Waals surface area contributed by atoms with Crippen molar-refractivity contribution in [1.29, 1.82) is 0 Å². The lowest BCUT2D eigenvalue weighted by molar-refractivity contribution is -0.138.